The summed E-state index contributed by atoms with van der Waals surface area (Å²) in [6.07, 6.45) is 12.1. The van der Waals surface area contributed by atoms with E-state index in [2.05, 4.69) is 29.9 Å². The summed E-state index contributed by atoms with van der Waals surface area (Å²) in [6.45, 7) is 23.8. The maximum atomic E-state index is 3.89. The van der Waals surface area contributed by atoms with Gasteiger partial charge in [-0.1, -0.05) is 79.0 Å². The van der Waals surface area contributed by atoms with Crippen molar-refractivity contribution in [2.45, 2.75) is 55.4 Å². The molecule has 0 radical (unpaired) electrons. The van der Waals surface area contributed by atoms with Gasteiger partial charge in [-0.25, -0.2) is 0 Å². The molecule has 0 spiro atoms. The highest BCUT2D eigenvalue weighted by Crippen LogP contribution is 2.26. The van der Waals surface area contributed by atoms with Gasteiger partial charge >= 0.3 is 0 Å². The fourth-order valence-corrected chi connectivity index (χ4v) is 1.93. The molecule has 22 heavy (non-hydrogen) atoms. The summed E-state index contributed by atoms with van der Waals surface area (Å²) in [5.41, 5.74) is 4.64. The van der Waals surface area contributed by atoms with Crippen LogP contribution in [0.25, 0.3) is 24.3 Å². The zero-order chi connectivity index (χ0) is 18.1. The first-order chi connectivity index (χ1) is 10.7. The van der Waals surface area contributed by atoms with Crippen LogP contribution >= 0.6 is 0 Å². The predicted octanol–water partition coefficient (Wildman–Crippen LogP) is 7.46. The number of hydrogen-bond acceptors (Lipinski definition) is 0. The third-order valence-electron chi connectivity index (χ3n) is 2.62. The fraction of sp³-hybridized carbons (Fsp3) is 0.429. The Morgan fingerprint density at radius 2 is 1.14 bits per heavy atom. The van der Waals surface area contributed by atoms with Crippen molar-refractivity contribution in [3.8, 4) is 0 Å². The Balaban J connectivity index is -0.000000535. The molecule has 0 amide bonds. The molecule has 0 saturated carbocycles. The van der Waals surface area contributed by atoms with E-state index in [0.717, 1.165) is 11.3 Å². The monoisotopic (exact) mass is 303 g/mol. The average molecular weight is 304 g/mol. The molecule has 0 atom stereocenters. The van der Waals surface area contributed by atoms with E-state index in [1.807, 2.05) is 86.7 Å². The Bertz CT molecular complexity index is 457. The summed E-state index contributed by atoms with van der Waals surface area (Å²) in [5, 5.41) is 0. The molecule has 0 aliphatic carbocycles. The summed E-state index contributed by atoms with van der Waals surface area (Å²) in [5.74, 6) is 0. The first kappa shape index (κ1) is 25.2. The first-order valence-electron chi connectivity index (χ1n) is 8.44. The van der Waals surface area contributed by atoms with Crippen LogP contribution in [0.4, 0.5) is 0 Å². The minimum absolute atomic E-state index is 1.13. The molecule has 1 heterocycles. The third kappa shape index (κ3) is 6.80. The largest absolute Gasteiger partial charge is 0.344 e. The third-order valence-corrected chi connectivity index (χ3v) is 2.62. The van der Waals surface area contributed by atoms with Gasteiger partial charge in [0.05, 0.1) is 0 Å². The molecule has 1 aromatic rings. The van der Waals surface area contributed by atoms with E-state index in [-0.39, 0.29) is 0 Å². The highest BCUT2D eigenvalue weighted by molar-refractivity contribution is 5.78. The molecule has 1 nitrogen and oxygen atoms in total. The van der Waals surface area contributed by atoms with Crippen LogP contribution in [-0.2, 0) is 7.05 Å². The van der Waals surface area contributed by atoms with Gasteiger partial charge in [0.25, 0.3) is 0 Å². The van der Waals surface area contributed by atoms with E-state index in [4.69, 9.17) is 0 Å². The maximum Gasteiger partial charge on any atom is 0.0485 e. The Morgan fingerprint density at radius 1 is 0.682 bits per heavy atom. The molecule has 0 aromatic carbocycles. The van der Waals surface area contributed by atoms with Gasteiger partial charge in [-0.05, 0) is 26.0 Å². The maximum absolute atomic E-state index is 3.89. The van der Waals surface area contributed by atoms with Crippen molar-refractivity contribution in [2.75, 3.05) is 0 Å². The van der Waals surface area contributed by atoms with Crippen molar-refractivity contribution in [1.82, 2.24) is 4.57 Å². The second-order valence-corrected chi connectivity index (χ2v) is 3.57. The quantitative estimate of drug-likeness (QED) is 0.544. The minimum Gasteiger partial charge on any atom is -0.344 e. The average Bonchev–Trinajstić information content (AvgIpc) is 2.85. The Hall–Kier alpha value is -1.76. The van der Waals surface area contributed by atoms with Crippen LogP contribution in [0.1, 0.15) is 77.9 Å². The van der Waals surface area contributed by atoms with E-state index in [1.165, 1.54) is 11.3 Å². The molecule has 0 unspecified atom stereocenters. The van der Waals surface area contributed by atoms with Crippen LogP contribution < -0.4 is 0 Å². The highest BCUT2D eigenvalue weighted by Gasteiger charge is 2.12. The number of nitrogens with zero attached hydrogens (tertiary/aromatic N) is 1. The van der Waals surface area contributed by atoms with Gasteiger partial charge in [0.1, 0.15) is 0 Å². The fourth-order valence-electron chi connectivity index (χ4n) is 1.93. The lowest BCUT2D eigenvalue weighted by Crippen LogP contribution is -1.93. The Labute approximate surface area is 139 Å². The number of hydrogen-bond donors (Lipinski definition) is 0. The van der Waals surface area contributed by atoms with Crippen molar-refractivity contribution in [3.63, 3.8) is 0 Å². The molecule has 0 fully saturated rings. The molecule has 0 saturated heterocycles. The second kappa shape index (κ2) is 17.3. The summed E-state index contributed by atoms with van der Waals surface area (Å²) < 4.78 is 2.14. The Kier molecular flexibility index (Phi) is 19.8. The van der Waals surface area contributed by atoms with E-state index in [1.54, 1.807) is 0 Å². The molecule has 0 aliphatic heterocycles. The van der Waals surface area contributed by atoms with Crippen LogP contribution in [-0.4, -0.2) is 4.57 Å². The number of allylic oxidation sites excluding steroid dienone is 2. The van der Waals surface area contributed by atoms with Crippen LogP contribution in [0, 0.1) is 0 Å². The smallest absolute Gasteiger partial charge is 0.0485 e. The molecule has 1 aromatic heterocycles. The number of aromatic nitrogens is 1. The summed E-state index contributed by atoms with van der Waals surface area (Å²) in [7, 11) is 2.05. The van der Waals surface area contributed by atoms with E-state index in [0.29, 0.717) is 0 Å². The van der Waals surface area contributed by atoms with Gasteiger partial charge in [-0.15, -0.1) is 0 Å². The van der Waals surface area contributed by atoms with Gasteiger partial charge < -0.3 is 4.57 Å². The van der Waals surface area contributed by atoms with E-state index >= 15 is 0 Å². The summed E-state index contributed by atoms with van der Waals surface area (Å²) in [4.78, 5) is 0. The minimum atomic E-state index is 1.13. The van der Waals surface area contributed by atoms with E-state index < -0.39 is 0 Å². The standard InChI is InChI=1S/C15H19N.3C2H6/c1-6-10-13-12(8-3)15(11-7-2)16(5)14(13)9-4;3*1-2/h6-11H,3-4H2,1-2,5H3;3*1-2H3/b10-6-,11-7-;;;. The van der Waals surface area contributed by atoms with Gasteiger partial charge in [-0.2, -0.15) is 0 Å². The molecular formula is C21H37N. The lowest BCUT2D eigenvalue weighted by atomic mass is 10.1. The van der Waals surface area contributed by atoms with Crippen molar-refractivity contribution in [2.24, 2.45) is 7.05 Å². The van der Waals surface area contributed by atoms with Gasteiger partial charge in [-0.3, -0.25) is 0 Å². The molecular weight excluding hydrogens is 266 g/mol. The zero-order valence-electron chi connectivity index (χ0n) is 16.3. The van der Waals surface area contributed by atoms with Crippen LogP contribution in [0.2, 0.25) is 0 Å². The van der Waals surface area contributed by atoms with Gasteiger partial charge in [0.15, 0.2) is 0 Å². The molecule has 126 valence electrons. The van der Waals surface area contributed by atoms with Crippen LogP contribution in [0.5, 0.6) is 0 Å². The van der Waals surface area contributed by atoms with Crippen LogP contribution in [0.15, 0.2) is 25.3 Å². The topological polar surface area (TPSA) is 4.93 Å². The zero-order valence-corrected chi connectivity index (χ0v) is 16.3. The SMILES string of the molecule is C=Cc1c(/C=C\C)c(C=C)n(C)c1/C=C\C.CC.CC.CC. The van der Waals surface area contributed by atoms with Gasteiger partial charge in [0, 0.05) is 29.6 Å². The summed E-state index contributed by atoms with van der Waals surface area (Å²) >= 11 is 0. The normalized spacial score (nSPS) is 9.14. The lowest BCUT2D eigenvalue weighted by Gasteiger charge is -2.00. The highest BCUT2D eigenvalue weighted by atomic mass is 15.0. The molecule has 1 rings (SSSR count). The van der Waals surface area contributed by atoms with Crippen molar-refractivity contribution < 1.29 is 0 Å². The van der Waals surface area contributed by atoms with Crippen LogP contribution in [0.3, 0.4) is 0 Å². The molecule has 0 bridgehead atoms. The first-order valence-corrected chi connectivity index (χ1v) is 8.44. The van der Waals surface area contributed by atoms with Crippen molar-refractivity contribution >= 4 is 24.3 Å². The lowest BCUT2D eigenvalue weighted by molar-refractivity contribution is 0.901. The molecule has 0 aliphatic rings. The number of rotatable bonds is 4. The second-order valence-electron chi connectivity index (χ2n) is 3.57. The van der Waals surface area contributed by atoms with Gasteiger partial charge in [0.2, 0.25) is 0 Å². The molecule has 0 N–H and O–H groups in total. The predicted molar refractivity (Wildman–Crippen MR) is 109 cm³/mol. The van der Waals surface area contributed by atoms with Crippen molar-refractivity contribution in [3.05, 3.63) is 47.8 Å². The molecule has 1 heteroatoms. The van der Waals surface area contributed by atoms with E-state index in [9.17, 15) is 0 Å². The summed E-state index contributed by atoms with van der Waals surface area (Å²) in [6, 6.07) is 0. The van der Waals surface area contributed by atoms with Crippen molar-refractivity contribution in [1.29, 1.82) is 0 Å². The Morgan fingerprint density at radius 3 is 1.45 bits per heavy atom.